The van der Waals surface area contributed by atoms with Crippen LogP contribution in [0.5, 0.6) is 0 Å². The molecule has 0 radical (unpaired) electrons. The standard InChI is InChI=1S/C16H11ClN2OS/c17-14-4-2-1-3-13(14)15(20)19-12-7-5-11(6-8-12)16-18-9-10-21-16/h1-10H,(H,19,20). The van der Waals surface area contributed by atoms with Gasteiger partial charge in [0.05, 0.1) is 10.6 Å². The first-order valence-electron chi connectivity index (χ1n) is 6.30. The summed E-state index contributed by atoms with van der Waals surface area (Å²) >= 11 is 7.59. The van der Waals surface area contributed by atoms with E-state index in [2.05, 4.69) is 10.3 Å². The molecule has 1 amide bonds. The topological polar surface area (TPSA) is 42.0 Å². The van der Waals surface area contributed by atoms with Crippen molar-refractivity contribution in [3.63, 3.8) is 0 Å². The van der Waals surface area contributed by atoms with E-state index >= 15 is 0 Å². The van der Waals surface area contributed by atoms with E-state index in [1.807, 2.05) is 29.6 Å². The zero-order valence-corrected chi connectivity index (χ0v) is 12.5. The number of anilines is 1. The zero-order valence-electron chi connectivity index (χ0n) is 10.9. The molecule has 1 heterocycles. The number of benzene rings is 2. The number of carbonyl (C=O) groups excluding carboxylic acids is 1. The second kappa shape index (κ2) is 6.08. The summed E-state index contributed by atoms with van der Waals surface area (Å²) in [5, 5.41) is 6.16. The average molecular weight is 315 g/mol. The largest absolute Gasteiger partial charge is 0.322 e. The van der Waals surface area contributed by atoms with Crippen LogP contribution in [0.4, 0.5) is 5.69 Å². The Morgan fingerprint density at radius 1 is 1.10 bits per heavy atom. The first-order chi connectivity index (χ1) is 10.2. The molecule has 0 unspecified atom stereocenters. The summed E-state index contributed by atoms with van der Waals surface area (Å²) in [5.74, 6) is -0.220. The van der Waals surface area contributed by atoms with Crippen LogP contribution in [0.25, 0.3) is 10.6 Å². The summed E-state index contributed by atoms with van der Waals surface area (Å²) in [6.45, 7) is 0. The van der Waals surface area contributed by atoms with Crippen LogP contribution in [0, 0.1) is 0 Å². The average Bonchev–Trinajstić information content (AvgIpc) is 3.02. The predicted molar refractivity (Wildman–Crippen MR) is 87.0 cm³/mol. The fourth-order valence-electron chi connectivity index (χ4n) is 1.91. The molecule has 0 atom stereocenters. The van der Waals surface area contributed by atoms with Gasteiger partial charge < -0.3 is 5.32 Å². The molecule has 0 aliphatic heterocycles. The van der Waals surface area contributed by atoms with Gasteiger partial charge in [-0.3, -0.25) is 4.79 Å². The normalized spacial score (nSPS) is 10.3. The number of hydrogen-bond acceptors (Lipinski definition) is 3. The van der Waals surface area contributed by atoms with E-state index in [9.17, 15) is 4.79 Å². The van der Waals surface area contributed by atoms with Gasteiger partial charge in [0.1, 0.15) is 5.01 Å². The minimum absolute atomic E-state index is 0.220. The lowest BCUT2D eigenvalue weighted by molar-refractivity contribution is 0.102. The van der Waals surface area contributed by atoms with E-state index in [1.54, 1.807) is 41.8 Å². The fraction of sp³-hybridized carbons (Fsp3) is 0. The maximum Gasteiger partial charge on any atom is 0.257 e. The summed E-state index contributed by atoms with van der Waals surface area (Å²) in [6, 6.07) is 14.5. The molecule has 1 N–H and O–H groups in total. The number of thiazole rings is 1. The van der Waals surface area contributed by atoms with Crippen LogP contribution in [-0.2, 0) is 0 Å². The lowest BCUT2D eigenvalue weighted by Crippen LogP contribution is -2.12. The Bertz CT molecular complexity index is 754. The highest BCUT2D eigenvalue weighted by Gasteiger charge is 2.09. The Kier molecular flexibility index (Phi) is 3.99. The summed E-state index contributed by atoms with van der Waals surface area (Å²) < 4.78 is 0. The van der Waals surface area contributed by atoms with Crippen LogP contribution in [0.3, 0.4) is 0 Å². The molecule has 0 fully saturated rings. The molecule has 1 aromatic heterocycles. The maximum absolute atomic E-state index is 12.1. The maximum atomic E-state index is 12.1. The second-order valence-electron chi connectivity index (χ2n) is 4.35. The summed E-state index contributed by atoms with van der Waals surface area (Å²) in [7, 11) is 0. The van der Waals surface area contributed by atoms with E-state index in [0.717, 1.165) is 16.3 Å². The molecule has 3 aromatic rings. The molecule has 21 heavy (non-hydrogen) atoms. The van der Waals surface area contributed by atoms with Crippen LogP contribution in [0.15, 0.2) is 60.1 Å². The van der Waals surface area contributed by atoms with Crippen molar-refractivity contribution in [1.82, 2.24) is 4.98 Å². The molecular weight excluding hydrogens is 304 g/mol. The van der Waals surface area contributed by atoms with Gasteiger partial charge in [-0.1, -0.05) is 23.7 Å². The number of aromatic nitrogens is 1. The molecule has 5 heteroatoms. The van der Waals surface area contributed by atoms with Gasteiger partial charge in [-0.2, -0.15) is 0 Å². The van der Waals surface area contributed by atoms with Crippen molar-refractivity contribution in [2.75, 3.05) is 5.32 Å². The number of nitrogens with zero attached hydrogens (tertiary/aromatic N) is 1. The number of rotatable bonds is 3. The third-order valence-electron chi connectivity index (χ3n) is 2.94. The molecular formula is C16H11ClN2OS. The molecule has 2 aromatic carbocycles. The smallest absolute Gasteiger partial charge is 0.257 e. The van der Waals surface area contributed by atoms with Gasteiger partial charge in [-0.25, -0.2) is 4.98 Å². The van der Waals surface area contributed by atoms with E-state index in [0.29, 0.717) is 10.6 Å². The molecule has 0 aliphatic rings. The number of halogens is 1. The van der Waals surface area contributed by atoms with E-state index in [1.165, 1.54) is 0 Å². The molecule has 0 bridgehead atoms. The molecule has 0 saturated carbocycles. The van der Waals surface area contributed by atoms with Crippen molar-refractivity contribution in [3.05, 3.63) is 70.7 Å². The van der Waals surface area contributed by atoms with Crippen molar-refractivity contribution in [2.45, 2.75) is 0 Å². The van der Waals surface area contributed by atoms with Gasteiger partial charge in [0, 0.05) is 22.8 Å². The Morgan fingerprint density at radius 2 is 1.86 bits per heavy atom. The van der Waals surface area contributed by atoms with E-state index < -0.39 is 0 Å². The Balaban J connectivity index is 1.77. The molecule has 0 saturated heterocycles. The first kappa shape index (κ1) is 13.8. The lowest BCUT2D eigenvalue weighted by Gasteiger charge is -2.07. The van der Waals surface area contributed by atoms with Gasteiger partial charge >= 0.3 is 0 Å². The van der Waals surface area contributed by atoms with E-state index in [-0.39, 0.29) is 5.91 Å². The van der Waals surface area contributed by atoms with Crippen LogP contribution >= 0.6 is 22.9 Å². The van der Waals surface area contributed by atoms with Crippen molar-refractivity contribution < 1.29 is 4.79 Å². The third-order valence-corrected chi connectivity index (χ3v) is 4.09. The van der Waals surface area contributed by atoms with Gasteiger partial charge in [-0.15, -0.1) is 11.3 Å². The first-order valence-corrected chi connectivity index (χ1v) is 7.55. The number of hydrogen-bond donors (Lipinski definition) is 1. The molecule has 3 nitrogen and oxygen atoms in total. The van der Waals surface area contributed by atoms with Crippen LogP contribution in [0.2, 0.25) is 5.02 Å². The molecule has 104 valence electrons. The zero-order chi connectivity index (χ0) is 14.7. The molecule has 3 rings (SSSR count). The molecule has 0 aliphatic carbocycles. The highest BCUT2D eigenvalue weighted by Crippen LogP contribution is 2.24. The predicted octanol–water partition coefficient (Wildman–Crippen LogP) is 4.72. The number of amides is 1. The highest BCUT2D eigenvalue weighted by atomic mass is 35.5. The number of nitrogens with one attached hydrogen (secondary N) is 1. The summed E-state index contributed by atoms with van der Waals surface area (Å²) in [6.07, 6.45) is 1.77. The SMILES string of the molecule is O=C(Nc1ccc(-c2nccs2)cc1)c1ccccc1Cl. The Morgan fingerprint density at radius 3 is 2.52 bits per heavy atom. The highest BCUT2D eigenvalue weighted by molar-refractivity contribution is 7.13. The second-order valence-corrected chi connectivity index (χ2v) is 5.65. The van der Waals surface area contributed by atoms with Gasteiger partial charge in [0.25, 0.3) is 5.91 Å². The Hall–Kier alpha value is -2.17. The van der Waals surface area contributed by atoms with Gasteiger partial charge in [0.2, 0.25) is 0 Å². The van der Waals surface area contributed by atoms with Crippen molar-refractivity contribution in [3.8, 4) is 10.6 Å². The van der Waals surface area contributed by atoms with Gasteiger partial charge in [-0.05, 0) is 36.4 Å². The van der Waals surface area contributed by atoms with E-state index in [4.69, 9.17) is 11.6 Å². The number of carbonyl (C=O) groups is 1. The van der Waals surface area contributed by atoms with Crippen molar-refractivity contribution in [1.29, 1.82) is 0 Å². The molecule has 0 spiro atoms. The van der Waals surface area contributed by atoms with Crippen molar-refractivity contribution >= 4 is 34.5 Å². The van der Waals surface area contributed by atoms with Gasteiger partial charge in [0.15, 0.2) is 0 Å². The van der Waals surface area contributed by atoms with Crippen LogP contribution in [-0.4, -0.2) is 10.9 Å². The minimum Gasteiger partial charge on any atom is -0.322 e. The van der Waals surface area contributed by atoms with Crippen LogP contribution < -0.4 is 5.32 Å². The lowest BCUT2D eigenvalue weighted by atomic mass is 10.2. The fourth-order valence-corrected chi connectivity index (χ4v) is 2.77. The quantitative estimate of drug-likeness (QED) is 0.760. The van der Waals surface area contributed by atoms with Crippen LogP contribution in [0.1, 0.15) is 10.4 Å². The Labute approximate surface area is 131 Å². The van der Waals surface area contributed by atoms with Crippen molar-refractivity contribution in [2.24, 2.45) is 0 Å². The monoisotopic (exact) mass is 314 g/mol. The summed E-state index contributed by atoms with van der Waals surface area (Å²) in [5.41, 5.74) is 2.21. The minimum atomic E-state index is -0.220. The summed E-state index contributed by atoms with van der Waals surface area (Å²) in [4.78, 5) is 16.4. The third kappa shape index (κ3) is 3.12.